The highest BCUT2D eigenvalue weighted by atomic mass is 16.5. The second-order valence-corrected chi connectivity index (χ2v) is 3.61. The lowest BCUT2D eigenvalue weighted by atomic mass is 10.2. The van der Waals surface area contributed by atoms with Crippen LogP contribution in [0.2, 0.25) is 0 Å². The van der Waals surface area contributed by atoms with Crippen molar-refractivity contribution in [2.45, 2.75) is 6.92 Å². The Hall–Kier alpha value is -2.30. The van der Waals surface area contributed by atoms with Crippen LogP contribution in [0.4, 0.5) is 17.5 Å². The quantitative estimate of drug-likeness (QED) is 0.844. The molecule has 2 aromatic rings. The number of nitrogens with one attached hydrogen (secondary N) is 1. The first-order valence-electron chi connectivity index (χ1n) is 5.19. The van der Waals surface area contributed by atoms with Gasteiger partial charge < -0.3 is 15.8 Å². The molecule has 3 N–H and O–H groups in total. The fourth-order valence-corrected chi connectivity index (χ4v) is 1.46. The number of ether oxygens (including phenoxy) is 1. The number of nitrogens with two attached hydrogens (primary N) is 1. The molecule has 0 aliphatic rings. The molecule has 0 spiro atoms. The van der Waals surface area contributed by atoms with Gasteiger partial charge in [-0.1, -0.05) is 0 Å². The molecular weight excluding hydrogens is 216 g/mol. The van der Waals surface area contributed by atoms with Gasteiger partial charge in [0.05, 0.1) is 7.11 Å². The summed E-state index contributed by atoms with van der Waals surface area (Å²) in [6.45, 7) is 1.98. The Morgan fingerprint density at radius 2 is 2.12 bits per heavy atom. The Balaban J connectivity index is 2.24. The lowest BCUT2D eigenvalue weighted by Gasteiger charge is -2.09. The van der Waals surface area contributed by atoms with Crippen LogP contribution in [0, 0.1) is 6.92 Å². The number of rotatable bonds is 3. The number of methoxy groups -OCH3 is 1. The SMILES string of the molecule is COc1ccc(Nc2nccc(N)n2)c(C)c1. The molecule has 0 radical (unpaired) electrons. The smallest absolute Gasteiger partial charge is 0.229 e. The zero-order chi connectivity index (χ0) is 12.3. The summed E-state index contributed by atoms with van der Waals surface area (Å²) in [6.07, 6.45) is 1.61. The van der Waals surface area contributed by atoms with E-state index in [1.807, 2.05) is 25.1 Å². The average Bonchev–Trinajstić information content (AvgIpc) is 2.32. The minimum Gasteiger partial charge on any atom is -0.497 e. The number of anilines is 3. The van der Waals surface area contributed by atoms with Crippen LogP contribution in [-0.2, 0) is 0 Å². The van der Waals surface area contributed by atoms with Crippen molar-refractivity contribution >= 4 is 17.5 Å². The molecular formula is C12H14N4O. The summed E-state index contributed by atoms with van der Waals surface area (Å²) >= 11 is 0. The maximum Gasteiger partial charge on any atom is 0.229 e. The van der Waals surface area contributed by atoms with Crippen molar-refractivity contribution < 1.29 is 4.74 Å². The summed E-state index contributed by atoms with van der Waals surface area (Å²) in [6, 6.07) is 7.38. The summed E-state index contributed by atoms with van der Waals surface area (Å²) in [7, 11) is 1.64. The van der Waals surface area contributed by atoms with E-state index >= 15 is 0 Å². The molecule has 17 heavy (non-hydrogen) atoms. The monoisotopic (exact) mass is 230 g/mol. The van der Waals surface area contributed by atoms with Crippen molar-refractivity contribution in [3.63, 3.8) is 0 Å². The highest BCUT2D eigenvalue weighted by Gasteiger charge is 2.02. The van der Waals surface area contributed by atoms with Gasteiger partial charge in [-0.3, -0.25) is 0 Å². The molecule has 0 aliphatic heterocycles. The maximum absolute atomic E-state index is 5.58. The third kappa shape index (κ3) is 2.63. The fourth-order valence-electron chi connectivity index (χ4n) is 1.46. The molecule has 1 aromatic carbocycles. The minimum atomic E-state index is 0.439. The van der Waals surface area contributed by atoms with Gasteiger partial charge in [0.1, 0.15) is 11.6 Å². The summed E-state index contributed by atoms with van der Waals surface area (Å²) in [5.41, 5.74) is 7.56. The van der Waals surface area contributed by atoms with Gasteiger partial charge in [0.25, 0.3) is 0 Å². The number of aromatic nitrogens is 2. The molecule has 88 valence electrons. The maximum atomic E-state index is 5.58. The summed E-state index contributed by atoms with van der Waals surface area (Å²) in [5.74, 6) is 1.74. The highest BCUT2D eigenvalue weighted by molar-refractivity contribution is 5.60. The summed E-state index contributed by atoms with van der Waals surface area (Å²) in [5, 5.41) is 3.11. The zero-order valence-electron chi connectivity index (χ0n) is 9.77. The number of hydrogen-bond donors (Lipinski definition) is 2. The first-order chi connectivity index (χ1) is 8.19. The second kappa shape index (κ2) is 4.69. The van der Waals surface area contributed by atoms with E-state index in [1.54, 1.807) is 19.4 Å². The first-order valence-corrected chi connectivity index (χ1v) is 5.19. The van der Waals surface area contributed by atoms with Crippen molar-refractivity contribution in [2.75, 3.05) is 18.2 Å². The molecule has 1 aromatic heterocycles. The Morgan fingerprint density at radius 3 is 2.76 bits per heavy atom. The fraction of sp³-hybridized carbons (Fsp3) is 0.167. The molecule has 1 heterocycles. The van der Waals surface area contributed by atoms with Crippen molar-refractivity contribution in [2.24, 2.45) is 0 Å². The average molecular weight is 230 g/mol. The molecule has 0 saturated carbocycles. The van der Waals surface area contributed by atoms with Crippen molar-refractivity contribution in [3.05, 3.63) is 36.0 Å². The standard InChI is InChI=1S/C12H14N4O/c1-8-7-9(17-2)3-4-10(8)15-12-14-6-5-11(13)16-12/h3-7H,1-2H3,(H3,13,14,15,16). The number of aryl methyl sites for hydroxylation is 1. The zero-order valence-corrected chi connectivity index (χ0v) is 9.77. The molecule has 0 amide bonds. The molecule has 5 nitrogen and oxygen atoms in total. The number of benzene rings is 1. The van der Waals surface area contributed by atoms with Gasteiger partial charge in [0, 0.05) is 11.9 Å². The minimum absolute atomic E-state index is 0.439. The summed E-state index contributed by atoms with van der Waals surface area (Å²) < 4.78 is 5.14. The molecule has 0 bridgehead atoms. The Morgan fingerprint density at radius 1 is 1.29 bits per heavy atom. The topological polar surface area (TPSA) is 73.1 Å². The van der Waals surface area contributed by atoms with E-state index in [1.165, 1.54) is 0 Å². The largest absolute Gasteiger partial charge is 0.497 e. The molecule has 0 unspecified atom stereocenters. The van der Waals surface area contributed by atoms with Gasteiger partial charge in [-0.25, -0.2) is 4.98 Å². The lowest BCUT2D eigenvalue weighted by Crippen LogP contribution is -2.00. The van der Waals surface area contributed by atoms with Crippen LogP contribution in [0.5, 0.6) is 5.75 Å². The van der Waals surface area contributed by atoms with E-state index in [-0.39, 0.29) is 0 Å². The molecule has 0 aliphatic carbocycles. The molecule has 5 heteroatoms. The van der Waals surface area contributed by atoms with E-state index in [0.717, 1.165) is 17.0 Å². The van der Waals surface area contributed by atoms with E-state index in [0.29, 0.717) is 11.8 Å². The van der Waals surface area contributed by atoms with Gasteiger partial charge in [-0.15, -0.1) is 0 Å². The third-order valence-corrected chi connectivity index (χ3v) is 2.36. The van der Waals surface area contributed by atoms with Gasteiger partial charge in [0.15, 0.2) is 0 Å². The predicted molar refractivity (Wildman–Crippen MR) is 67.5 cm³/mol. The summed E-state index contributed by atoms with van der Waals surface area (Å²) in [4.78, 5) is 8.16. The second-order valence-electron chi connectivity index (χ2n) is 3.61. The Bertz CT molecular complexity index is 528. The molecule has 0 fully saturated rings. The molecule has 0 saturated heterocycles. The van der Waals surface area contributed by atoms with Gasteiger partial charge in [-0.2, -0.15) is 4.98 Å². The van der Waals surface area contributed by atoms with Crippen LogP contribution in [-0.4, -0.2) is 17.1 Å². The van der Waals surface area contributed by atoms with Gasteiger partial charge in [0.2, 0.25) is 5.95 Å². The van der Waals surface area contributed by atoms with Gasteiger partial charge >= 0.3 is 0 Å². The number of hydrogen-bond acceptors (Lipinski definition) is 5. The van der Waals surface area contributed by atoms with Crippen LogP contribution >= 0.6 is 0 Å². The Kier molecular flexibility index (Phi) is 3.09. The first kappa shape index (κ1) is 11.2. The van der Waals surface area contributed by atoms with Crippen LogP contribution in [0.25, 0.3) is 0 Å². The van der Waals surface area contributed by atoms with E-state index in [4.69, 9.17) is 10.5 Å². The van der Waals surface area contributed by atoms with E-state index < -0.39 is 0 Å². The van der Waals surface area contributed by atoms with Crippen LogP contribution < -0.4 is 15.8 Å². The van der Waals surface area contributed by atoms with Crippen LogP contribution in [0.3, 0.4) is 0 Å². The van der Waals surface area contributed by atoms with Crippen molar-refractivity contribution in [1.82, 2.24) is 9.97 Å². The third-order valence-electron chi connectivity index (χ3n) is 2.36. The van der Waals surface area contributed by atoms with Crippen LogP contribution in [0.1, 0.15) is 5.56 Å². The molecule has 2 rings (SSSR count). The molecule has 0 atom stereocenters. The normalized spacial score (nSPS) is 10.0. The highest BCUT2D eigenvalue weighted by Crippen LogP contribution is 2.23. The van der Waals surface area contributed by atoms with E-state index in [9.17, 15) is 0 Å². The number of nitrogens with zero attached hydrogens (tertiary/aromatic N) is 2. The predicted octanol–water partition coefficient (Wildman–Crippen LogP) is 2.12. The van der Waals surface area contributed by atoms with Crippen molar-refractivity contribution in [1.29, 1.82) is 0 Å². The number of nitrogen functional groups attached to an aromatic ring is 1. The Labute approximate surface area is 99.7 Å². The van der Waals surface area contributed by atoms with Gasteiger partial charge in [-0.05, 0) is 36.8 Å². The van der Waals surface area contributed by atoms with Crippen molar-refractivity contribution in [3.8, 4) is 5.75 Å². The lowest BCUT2D eigenvalue weighted by molar-refractivity contribution is 0.414. The van der Waals surface area contributed by atoms with Crippen LogP contribution in [0.15, 0.2) is 30.5 Å². The van der Waals surface area contributed by atoms with E-state index in [2.05, 4.69) is 15.3 Å².